The van der Waals surface area contributed by atoms with E-state index in [1.54, 1.807) is 0 Å². The van der Waals surface area contributed by atoms with E-state index in [0.29, 0.717) is 11.8 Å². The summed E-state index contributed by atoms with van der Waals surface area (Å²) in [5.41, 5.74) is 1.43. The molecular weight excluding hydrogens is 332 g/mol. The van der Waals surface area contributed by atoms with Crippen LogP contribution in [0.4, 0.5) is 5.88 Å². The number of aryl methyl sites for hydroxylation is 1. The first-order chi connectivity index (χ1) is 12.7. The normalized spacial score (nSPS) is 14.8. The first-order valence-corrected chi connectivity index (χ1v) is 8.88. The third-order valence-corrected chi connectivity index (χ3v) is 4.20. The van der Waals surface area contributed by atoms with Crippen molar-refractivity contribution in [2.75, 3.05) is 44.7 Å². The monoisotopic (exact) mass is 356 g/mol. The highest BCUT2D eigenvalue weighted by Gasteiger charge is 2.14. The smallest absolute Gasteiger partial charge is 0.236 e. The molecule has 0 spiro atoms. The Morgan fingerprint density at radius 1 is 1.27 bits per heavy atom. The Bertz CT molecular complexity index is 730. The quantitative estimate of drug-likeness (QED) is 0.728. The van der Waals surface area contributed by atoms with Crippen molar-refractivity contribution in [3.63, 3.8) is 0 Å². The average Bonchev–Trinajstić information content (AvgIpc) is 3.08. The second-order valence-corrected chi connectivity index (χ2v) is 6.23. The van der Waals surface area contributed by atoms with Crippen LogP contribution < -0.4 is 10.1 Å². The molecule has 0 amide bonds. The van der Waals surface area contributed by atoms with E-state index in [9.17, 15) is 5.26 Å². The van der Waals surface area contributed by atoms with E-state index in [-0.39, 0.29) is 12.3 Å². The summed E-state index contributed by atoms with van der Waals surface area (Å²) in [5, 5.41) is 12.4. The number of ether oxygens (including phenoxy) is 2. The standard InChI is InChI=1S/C19H24N4O3/c1-15-3-5-16(6-4-15)25-14-18-22-17(13-20)19(26-18)21-7-2-8-23-9-11-24-12-10-23/h3-6,21H,2,7-12,14H2,1H3. The fourth-order valence-corrected chi connectivity index (χ4v) is 2.73. The maximum atomic E-state index is 9.23. The van der Waals surface area contributed by atoms with Crippen molar-refractivity contribution in [1.82, 2.24) is 9.88 Å². The Morgan fingerprint density at radius 3 is 2.77 bits per heavy atom. The van der Waals surface area contributed by atoms with E-state index >= 15 is 0 Å². The minimum atomic E-state index is 0.188. The Labute approximate surface area is 153 Å². The Kier molecular flexibility index (Phi) is 6.47. The summed E-state index contributed by atoms with van der Waals surface area (Å²) < 4.78 is 16.6. The van der Waals surface area contributed by atoms with Crippen molar-refractivity contribution in [2.45, 2.75) is 20.0 Å². The molecule has 1 saturated heterocycles. The molecule has 1 aromatic heterocycles. The lowest BCUT2D eigenvalue weighted by Gasteiger charge is -2.26. The lowest BCUT2D eigenvalue weighted by molar-refractivity contribution is 0.0378. The Morgan fingerprint density at radius 2 is 2.04 bits per heavy atom. The molecule has 26 heavy (non-hydrogen) atoms. The van der Waals surface area contributed by atoms with E-state index in [1.807, 2.05) is 31.2 Å². The van der Waals surface area contributed by atoms with Crippen LogP contribution in [0.3, 0.4) is 0 Å². The molecule has 1 fully saturated rings. The number of anilines is 1. The second-order valence-electron chi connectivity index (χ2n) is 6.23. The van der Waals surface area contributed by atoms with Crippen LogP contribution in [0.2, 0.25) is 0 Å². The van der Waals surface area contributed by atoms with Gasteiger partial charge in [-0.1, -0.05) is 17.7 Å². The average molecular weight is 356 g/mol. The molecule has 138 valence electrons. The van der Waals surface area contributed by atoms with Crippen molar-refractivity contribution in [3.05, 3.63) is 41.4 Å². The molecule has 1 aliphatic heterocycles. The molecular formula is C19H24N4O3. The molecule has 0 unspecified atom stereocenters. The maximum Gasteiger partial charge on any atom is 0.236 e. The van der Waals surface area contributed by atoms with Crippen LogP contribution in [0, 0.1) is 18.3 Å². The van der Waals surface area contributed by atoms with Crippen molar-refractivity contribution < 1.29 is 13.9 Å². The van der Waals surface area contributed by atoms with Crippen LogP contribution in [-0.2, 0) is 11.3 Å². The van der Waals surface area contributed by atoms with Gasteiger partial charge in [-0.05, 0) is 32.0 Å². The van der Waals surface area contributed by atoms with Gasteiger partial charge in [-0.25, -0.2) is 0 Å². The number of hydrogen-bond donors (Lipinski definition) is 1. The molecule has 2 aromatic rings. The number of benzene rings is 1. The van der Waals surface area contributed by atoms with Crippen LogP contribution in [0.25, 0.3) is 0 Å². The molecule has 3 rings (SSSR count). The summed E-state index contributed by atoms with van der Waals surface area (Å²) in [4.78, 5) is 6.56. The first kappa shape index (κ1) is 18.2. The van der Waals surface area contributed by atoms with Gasteiger partial charge in [0.2, 0.25) is 17.5 Å². The number of morpholine rings is 1. The third kappa shape index (κ3) is 5.22. The fraction of sp³-hybridized carbons (Fsp3) is 0.474. The number of hydrogen-bond acceptors (Lipinski definition) is 7. The SMILES string of the molecule is Cc1ccc(OCc2nc(C#N)c(NCCCN3CCOCC3)o2)cc1. The topological polar surface area (TPSA) is 83.5 Å². The van der Waals surface area contributed by atoms with E-state index in [0.717, 1.165) is 51.6 Å². The predicted octanol–water partition coefficient (Wildman–Crippen LogP) is 2.57. The van der Waals surface area contributed by atoms with E-state index < -0.39 is 0 Å². The molecule has 0 aliphatic carbocycles. The van der Waals surface area contributed by atoms with E-state index in [4.69, 9.17) is 13.9 Å². The summed E-state index contributed by atoms with van der Waals surface area (Å²) in [6, 6.07) is 9.81. The van der Waals surface area contributed by atoms with Crippen molar-refractivity contribution >= 4 is 5.88 Å². The van der Waals surface area contributed by atoms with Gasteiger partial charge in [-0.15, -0.1) is 0 Å². The molecule has 0 atom stereocenters. The molecule has 0 saturated carbocycles. The number of oxazole rings is 1. The third-order valence-electron chi connectivity index (χ3n) is 4.20. The minimum absolute atomic E-state index is 0.188. The zero-order chi connectivity index (χ0) is 18.2. The van der Waals surface area contributed by atoms with Crippen LogP contribution in [0.1, 0.15) is 23.6 Å². The zero-order valence-corrected chi connectivity index (χ0v) is 15.0. The molecule has 7 heteroatoms. The van der Waals surface area contributed by atoms with Crippen LogP contribution >= 0.6 is 0 Å². The number of nitriles is 1. The largest absolute Gasteiger partial charge is 0.484 e. The summed E-state index contributed by atoms with van der Waals surface area (Å²) in [7, 11) is 0. The predicted molar refractivity (Wildman–Crippen MR) is 97.1 cm³/mol. The van der Waals surface area contributed by atoms with Gasteiger partial charge in [0, 0.05) is 19.6 Å². The van der Waals surface area contributed by atoms with Crippen molar-refractivity contribution in [2.24, 2.45) is 0 Å². The molecule has 1 N–H and O–H groups in total. The summed E-state index contributed by atoms with van der Waals surface area (Å²) in [6.45, 7) is 7.49. The van der Waals surface area contributed by atoms with E-state index in [1.165, 1.54) is 5.56 Å². The highest BCUT2D eigenvalue weighted by atomic mass is 16.5. The van der Waals surface area contributed by atoms with Gasteiger partial charge >= 0.3 is 0 Å². The van der Waals surface area contributed by atoms with Gasteiger partial charge in [0.25, 0.3) is 0 Å². The Balaban J connectivity index is 1.46. The van der Waals surface area contributed by atoms with Crippen LogP contribution in [0.5, 0.6) is 5.75 Å². The number of nitrogens with zero attached hydrogens (tertiary/aromatic N) is 3. The first-order valence-electron chi connectivity index (χ1n) is 8.88. The van der Waals surface area contributed by atoms with Gasteiger partial charge in [-0.2, -0.15) is 10.2 Å². The molecule has 2 heterocycles. The number of rotatable bonds is 8. The Hall–Kier alpha value is -2.56. The summed E-state index contributed by atoms with van der Waals surface area (Å²) >= 11 is 0. The fourth-order valence-electron chi connectivity index (χ4n) is 2.73. The molecule has 0 radical (unpaired) electrons. The molecule has 7 nitrogen and oxygen atoms in total. The minimum Gasteiger partial charge on any atom is -0.484 e. The maximum absolute atomic E-state index is 9.23. The van der Waals surface area contributed by atoms with Gasteiger partial charge in [0.05, 0.1) is 13.2 Å². The van der Waals surface area contributed by atoms with Gasteiger partial charge in [0.15, 0.2) is 6.61 Å². The molecule has 0 bridgehead atoms. The van der Waals surface area contributed by atoms with Gasteiger partial charge < -0.3 is 19.2 Å². The van der Waals surface area contributed by atoms with Crippen molar-refractivity contribution in [3.8, 4) is 11.8 Å². The summed E-state index contributed by atoms with van der Waals surface area (Å²) in [6.07, 6.45) is 0.959. The van der Waals surface area contributed by atoms with Crippen LogP contribution in [0.15, 0.2) is 28.7 Å². The zero-order valence-electron chi connectivity index (χ0n) is 15.0. The van der Waals surface area contributed by atoms with Crippen molar-refractivity contribution in [1.29, 1.82) is 5.26 Å². The van der Waals surface area contributed by atoms with Gasteiger partial charge in [-0.3, -0.25) is 4.90 Å². The number of aromatic nitrogens is 1. The van der Waals surface area contributed by atoms with Gasteiger partial charge in [0.1, 0.15) is 11.8 Å². The van der Waals surface area contributed by atoms with E-state index in [2.05, 4.69) is 21.3 Å². The number of nitrogens with one attached hydrogen (secondary N) is 1. The highest BCUT2D eigenvalue weighted by molar-refractivity contribution is 5.45. The molecule has 1 aromatic carbocycles. The summed E-state index contributed by atoms with van der Waals surface area (Å²) in [5.74, 6) is 1.54. The highest BCUT2D eigenvalue weighted by Crippen LogP contribution is 2.19. The molecule has 1 aliphatic rings. The lowest BCUT2D eigenvalue weighted by Crippen LogP contribution is -2.37. The second kappa shape index (κ2) is 9.22. The lowest BCUT2D eigenvalue weighted by atomic mass is 10.2. The van der Waals surface area contributed by atoms with Crippen LogP contribution in [-0.4, -0.2) is 49.3 Å².